The van der Waals surface area contributed by atoms with Gasteiger partial charge in [0.25, 0.3) is 0 Å². The molecule has 1 aromatic heterocycles. The second-order valence-electron chi connectivity index (χ2n) is 15.7. The van der Waals surface area contributed by atoms with Gasteiger partial charge < -0.3 is 9.80 Å². The van der Waals surface area contributed by atoms with Crippen molar-refractivity contribution in [2.45, 2.75) is 0 Å². The number of rotatable bonds is 7. The van der Waals surface area contributed by atoms with Gasteiger partial charge in [0, 0.05) is 59.3 Å². The Morgan fingerprint density at radius 1 is 0.328 bits per heavy atom. The fourth-order valence-electron chi connectivity index (χ4n) is 9.27. The van der Waals surface area contributed by atoms with Gasteiger partial charge in [0.05, 0.1) is 11.4 Å². The van der Waals surface area contributed by atoms with Crippen molar-refractivity contribution in [1.82, 2.24) is 0 Å². The van der Waals surface area contributed by atoms with Crippen LogP contribution < -0.4 is 9.80 Å². The molecular formula is C58H38N2S. The van der Waals surface area contributed by atoms with Crippen LogP contribution in [0.15, 0.2) is 231 Å². The average Bonchev–Trinajstić information content (AvgIpc) is 3.71. The zero-order valence-corrected chi connectivity index (χ0v) is 34.1. The van der Waals surface area contributed by atoms with Gasteiger partial charge in [0.15, 0.2) is 0 Å². The number of fused-ring (bicyclic) bond motifs is 6. The van der Waals surface area contributed by atoms with E-state index < -0.39 is 0 Å². The molecule has 0 fully saturated rings. The van der Waals surface area contributed by atoms with Crippen LogP contribution in [0.3, 0.4) is 0 Å². The third kappa shape index (κ3) is 6.01. The first-order chi connectivity index (χ1) is 30.2. The van der Waals surface area contributed by atoms with E-state index in [1.165, 1.54) is 92.5 Å². The zero-order chi connectivity index (χ0) is 40.3. The van der Waals surface area contributed by atoms with E-state index in [1.807, 2.05) is 11.3 Å². The highest BCUT2D eigenvalue weighted by Crippen LogP contribution is 2.54. The Hall–Kier alpha value is -7.72. The van der Waals surface area contributed by atoms with Crippen LogP contribution in [0.5, 0.6) is 0 Å². The Morgan fingerprint density at radius 2 is 0.820 bits per heavy atom. The van der Waals surface area contributed by atoms with Crippen LogP contribution >= 0.6 is 11.3 Å². The summed E-state index contributed by atoms with van der Waals surface area (Å²) in [5.74, 6) is 0. The van der Waals surface area contributed by atoms with E-state index in [2.05, 4.69) is 240 Å². The van der Waals surface area contributed by atoms with Crippen molar-refractivity contribution in [2.24, 2.45) is 0 Å². The summed E-state index contributed by atoms with van der Waals surface area (Å²) in [6.45, 7) is 0. The molecule has 0 radical (unpaired) electrons. The lowest BCUT2D eigenvalue weighted by molar-refractivity contribution is 1.28. The maximum Gasteiger partial charge on any atom is 0.0547 e. The highest BCUT2D eigenvalue weighted by molar-refractivity contribution is 7.26. The topological polar surface area (TPSA) is 6.48 Å². The van der Waals surface area contributed by atoms with Crippen LogP contribution in [0.2, 0.25) is 0 Å². The number of hydrogen-bond donors (Lipinski definition) is 0. The molecule has 0 saturated heterocycles. The van der Waals surface area contributed by atoms with Crippen LogP contribution in [0.25, 0.3) is 75.5 Å². The summed E-state index contributed by atoms with van der Waals surface area (Å²) < 4.78 is 2.63. The van der Waals surface area contributed by atoms with Gasteiger partial charge in [-0.05, 0) is 112 Å². The first-order valence-electron chi connectivity index (χ1n) is 20.8. The summed E-state index contributed by atoms with van der Waals surface area (Å²) >= 11 is 1.91. The van der Waals surface area contributed by atoms with Crippen molar-refractivity contribution in [1.29, 1.82) is 0 Å². The van der Waals surface area contributed by atoms with Crippen molar-refractivity contribution in [3.8, 4) is 44.5 Å². The predicted molar refractivity (Wildman–Crippen MR) is 262 cm³/mol. The summed E-state index contributed by atoms with van der Waals surface area (Å²) in [5, 5.41) is 5.24. The smallest absolute Gasteiger partial charge is 0.0547 e. The molecule has 1 aliphatic heterocycles. The molecule has 1 aliphatic rings. The molecular weight excluding hydrogens is 757 g/mol. The summed E-state index contributed by atoms with van der Waals surface area (Å²) in [6, 6.07) is 83.9. The maximum absolute atomic E-state index is 2.45. The van der Waals surface area contributed by atoms with E-state index in [1.54, 1.807) is 0 Å². The van der Waals surface area contributed by atoms with E-state index >= 15 is 0 Å². The molecule has 0 spiro atoms. The number of benzene rings is 10. The van der Waals surface area contributed by atoms with E-state index in [0.717, 1.165) is 17.1 Å². The fourth-order valence-corrected chi connectivity index (χ4v) is 10.5. The molecule has 61 heavy (non-hydrogen) atoms. The highest BCUT2D eigenvalue weighted by Gasteiger charge is 2.27. The number of thiophene rings is 1. The summed E-state index contributed by atoms with van der Waals surface area (Å²) in [4.78, 5) is 4.77. The van der Waals surface area contributed by atoms with E-state index in [9.17, 15) is 0 Å². The standard InChI is InChI=1S/C58H38N2S/c1-4-13-39(14-5-1)41-23-30-46(31-24-41)59(47-32-25-42(26-33-47)40-15-6-2-7-16-40)48-34-27-43(28-35-48)44-29-36-50-53-38-52-49-19-10-11-21-54(49)60(45-17-8-3-9-18-45)55-22-12-20-51(57(52)55)58(53)61-56(50)37-44/h1-38H. The molecule has 0 aliphatic carbocycles. The van der Waals surface area contributed by atoms with E-state index in [-0.39, 0.29) is 0 Å². The van der Waals surface area contributed by atoms with Crippen molar-refractivity contribution >= 4 is 76.4 Å². The van der Waals surface area contributed by atoms with Crippen LogP contribution in [0.1, 0.15) is 0 Å². The van der Waals surface area contributed by atoms with Gasteiger partial charge in [0.2, 0.25) is 0 Å². The molecule has 2 nitrogen and oxygen atoms in total. The molecule has 0 unspecified atom stereocenters. The summed E-state index contributed by atoms with van der Waals surface area (Å²) in [7, 11) is 0. The second-order valence-corrected chi connectivity index (χ2v) is 16.8. The Morgan fingerprint density at radius 3 is 1.43 bits per heavy atom. The van der Waals surface area contributed by atoms with Gasteiger partial charge in [-0.3, -0.25) is 0 Å². The average molecular weight is 795 g/mol. The molecule has 11 aromatic rings. The molecule has 3 heteroatoms. The first-order valence-corrected chi connectivity index (χ1v) is 21.6. The van der Waals surface area contributed by atoms with Crippen LogP contribution in [0.4, 0.5) is 34.1 Å². The van der Waals surface area contributed by atoms with Gasteiger partial charge in [-0.2, -0.15) is 0 Å². The van der Waals surface area contributed by atoms with E-state index in [0.29, 0.717) is 0 Å². The lowest BCUT2D eigenvalue weighted by Crippen LogP contribution is -2.14. The predicted octanol–water partition coefficient (Wildman–Crippen LogP) is 17.1. The molecule has 10 aromatic carbocycles. The Bertz CT molecular complexity index is 3290. The van der Waals surface area contributed by atoms with Crippen LogP contribution in [-0.2, 0) is 0 Å². The van der Waals surface area contributed by atoms with Crippen LogP contribution in [0, 0.1) is 0 Å². The number of nitrogens with zero attached hydrogens (tertiary/aromatic N) is 2. The van der Waals surface area contributed by atoms with Crippen molar-refractivity contribution < 1.29 is 0 Å². The molecule has 286 valence electrons. The molecule has 0 saturated carbocycles. The summed E-state index contributed by atoms with van der Waals surface area (Å²) in [6.07, 6.45) is 0. The van der Waals surface area contributed by atoms with Gasteiger partial charge >= 0.3 is 0 Å². The Balaban J connectivity index is 0.932. The maximum atomic E-state index is 2.45. The lowest BCUT2D eigenvalue weighted by atomic mass is 9.89. The Labute approximate surface area is 359 Å². The molecule has 0 bridgehead atoms. The van der Waals surface area contributed by atoms with Crippen LogP contribution in [-0.4, -0.2) is 0 Å². The minimum atomic E-state index is 1.11. The van der Waals surface area contributed by atoms with Gasteiger partial charge in [-0.1, -0.05) is 158 Å². The fraction of sp³-hybridized carbons (Fsp3) is 0. The SMILES string of the molecule is c1ccc(-c2ccc(N(c3ccc(-c4ccccc4)cc3)c3ccc(-c4ccc5c(c4)sc4c6cccc7c6c(cc54)-c4ccccc4N7c4ccccc4)cc3)cc2)cc1. The van der Waals surface area contributed by atoms with Crippen molar-refractivity contribution in [3.63, 3.8) is 0 Å². The molecule has 2 heterocycles. The van der Waals surface area contributed by atoms with E-state index in [4.69, 9.17) is 0 Å². The molecule has 0 amide bonds. The third-order valence-electron chi connectivity index (χ3n) is 12.2. The Kier molecular flexibility index (Phi) is 8.39. The normalized spacial score (nSPS) is 11.9. The molecule has 0 N–H and O–H groups in total. The molecule has 12 rings (SSSR count). The highest BCUT2D eigenvalue weighted by atomic mass is 32.1. The van der Waals surface area contributed by atoms with Gasteiger partial charge in [0.1, 0.15) is 0 Å². The second kappa shape index (κ2) is 14.5. The number of anilines is 6. The zero-order valence-electron chi connectivity index (χ0n) is 33.2. The summed E-state index contributed by atoms with van der Waals surface area (Å²) in [5.41, 5.74) is 16.7. The van der Waals surface area contributed by atoms with Gasteiger partial charge in [-0.25, -0.2) is 0 Å². The monoisotopic (exact) mass is 794 g/mol. The third-order valence-corrected chi connectivity index (χ3v) is 13.4. The van der Waals surface area contributed by atoms with Crippen molar-refractivity contribution in [2.75, 3.05) is 9.80 Å². The van der Waals surface area contributed by atoms with Crippen molar-refractivity contribution in [3.05, 3.63) is 231 Å². The largest absolute Gasteiger partial charge is 0.311 e. The van der Waals surface area contributed by atoms with Gasteiger partial charge in [-0.15, -0.1) is 11.3 Å². The number of para-hydroxylation sites is 2. The molecule has 0 atom stereocenters. The quantitative estimate of drug-likeness (QED) is 0.159. The number of hydrogen-bond acceptors (Lipinski definition) is 3. The first kappa shape index (κ1) is 35.2. The minimum absolute atomic E-state index is 1.11. The lowest BCUT2D eigenvalue weighted by Gasteiger charge is -2.33. The minimum Gasteiger partial charge on any atom is -0.311 e.